The van der Waals surface area contributed by atoms with Gasteiger partial charge in [0, 0.05) is 18.0 Å². The second-order valence-electron chi connectivity index (χ2n) is 4.21. The van der Waals surface area contributed by atoms with E-state index in [1.165, 1.54) is 6.33 Å². The highest BCUT2D eigenvalue weighted by Crippen LogP contribution is 2.23. The second-order valence-corrected chi connectivity index (χ2v) is 4.65. The molecule has 5 heteroatoms. The van der Waals surface area contributed by atoms with Crippen molar-refractivity contribution < 1.29 is 5.11 Å². The van der Waals surface area contributed by atoms with Crippen LogP contribution < -0.4 is 0 Å². The van der Waals surface area contributed by atoms with Gasteiger partial charge in [-0.15, -0.1) is 0 Å². The van der Waals surface area contributed by atoms with Crippen molar-refractivity contribution in [1.82, 2.24) is 14.8 Å². The average Bonchev–Trinajstić information content (AvgIpc) is 2.76. The third kappa shape index (κ3) is 2.71. The quantitative estimate of drug-likeness (QED) is 0.924. The maximum Gasteiger partial charge on any atom is 0.138 e. The molecule has 1 unspecified atom stereocenters. The van der Waals surface area contributed by atoms with Crippen LogP contribution in [0.25, 0.3) is 0 Å². The molecule has 1 N–H and O–H groups in total. The van der Waals surface area contributed by atoms with Gasteiger partial charge in [0.05, 0.1) is 6.10 Å². The molecular weight excluding hydrogens is 250 g/mol. The zero-order valence-electron chi connectivity index (χ0n) is 10.5. The van der Waals surface area contributed by atoms with Gasteiger partial charge in [-0.25, -0.2) is 4.98 Å². The van der Waals surface area contributed by atoms with Crippen LogP contribution in [0.2, 0.25) is 5.02 Å². The molecule has 0 radical (unpaired) electrons. The first kappa shape index (κ1) is 13.1. The molecule has 96 valence electrons. The summed E-state index contributed by atoms with van der Waals surface area (Å²) in [6, 6.07) is 5.50. The van der Waals surface area contributed by atoms with Crippen LogP contribution in [0.3, 0.4) is 0 Å². The van der Waals surface area contributed by atoms with Gasteiger partial charge in [-0.1, -0.05) is 17.7 Å². The first-order chi connectivity index (χ1) is 8.61. The van der Waals surface area contributed by atoms with Gasteiger partial charge >= 0.3 is 0 Å². The van der Waals surface area contributed by atoms with Gasteiger partial charge in [0.1, 0.15) is 12.2 Å². The largest absolute Gasteiger partial charge is 0.388 e. The number of aryl methyl sites for hydroxylation is 2. The van der Waals surface area contributed by atoms with Crippen LogP contribution in [-0.2, 0) is 13.0 Å². The Kier molecular flexibility index (Phi) is 3.99. The van der Waals surface area contributed by atoms with E-state index in [1.54, 1.807) is 10.7 Å². The van der Waals surface area contributed by atoms with Gasteiger partial charge in [0.15, 0.2) is 0 Å². The summed E-state index contributed by atoms with van der Waals surface area (Å²) < 4.78 is 1.79. The highest BCUT2D eigenvalue weighted by atomic mass is 35.5. The molecule has 4 nitrogen and oxygen atoms in total. The fourth-order valence-electron chi connectivity index (χ4n) is 2.01. The normalized spacial score (nSPS) is 12.7. The van der Waals surface area contributed by atoms with Crippen LogP contribution in [0.4, 0.5) is 0 Å². The highest BCUT2D eigenvalue weighted by Gasteiger charge is 2.14. The van der Waals surface area contributed by atoms with Crippen molar-refractivity contribution in [2.75, 3.05) is 0 Å². The molecule has 1 aromatic carbocycles. The Labute approximate surface area is 111 Å². The number of nitrogens with zero attached hydrogens (tertiary/aromatic N) is 3. The Bertz CT molecular complexity index is 539. The molecule has 0 saturated heterocycles. The summed E-state index contributed by atoms with van der Waals surface area (Å²) in [6.45, 7) is 4.69. The molecule has 0 fully saturated rings. The Morgan fingerprint density at radius 1 is 1.44 bits per heavy atom. The van der Waals surface area contributed by atoms with E-state index in [1.807, 2.05) is 26.0 Å². The maximum atomic E-state index is 10.3. The fraction of sp³-hybridized carbons (Fsp3) is 0.385. The first-order valence-corrected chi connectivity index (χ1v) is 6.30. The van der Waals surface area contributed by atoms with E-state index in [9.17, 15) is 5.11 Å². The molecule has 0 bridgehead atoms. The number of hydrogen-bond donors (Lipinski definition) is 1. The fourth-order valence-corrected chi connectivity index (χ4v) is 2.23. The molecule has 0 spiro atoms. The van der Waals surface area contributed by atoms with E-state index in [2.05, 4.69) is 10.1 Å². The molecule has 0 aliphatic carbocycles. The van der Waals surface area contributed by atoms with E-state index >= 15 is 0 Å². The SMILES string of the molecule is CCn1ncnc1CC(O)c1ccc(Cl)cc1C. The summed E-state index contributed by atoms with van der Waals surface area (Å²) in [5, 5.41) is 15.0. The van der Waals surface area contributed by atoms with Crippen LogP contribution in [0, 0.1) is 6.92 Å². The van der Waals surface area contributed by atoms with Gasteiger partial charge in [-0.05, 0) is 37.1 Å². The second kappa shape index (κ2) is 5.50. The summed E-state index contributed by atoms with van der Waals surface area (Å²) >= 11 is 5.90. The van der Waals surface area contributed by atoms with Gasteiger partial charge in [0.25, 0.3) is 0 Å². The Hall–Kier alpha value is -1.39. The Balaban J connectivity index is 2.19. The van der Waals surface area contributed by atoms with Crippen LogP contribution in [0.15, 0.2) is 24.5 Å². The number of hydrogen-bond acceptors (Lipinski definition) is 3. The molecular formula is C13H16ClN3O. The summed E-state index contributed by atoms with van der Waals surface area (Å²) in [7, 11) is 0. The zero-order valence-corrected chi connectivity index (χ0v) is 11.2. The summed E-state index contributed by atoms with van der Waals surface area (Å²) in [5.74, 6) is 0.791. The van der Waals surface area contributed by atoms with Crippen LogP contribution in [0.5, 0.6) is 0 Å². The summed E-state index contributed by atoms with van der Waals surface area (Å²) in [5.41, 5.74) is 1.86. The molecule has 0 amide bonds. The summed E-state index contributed by atoms with van der Waals surface area (Å²) in [4.78, 5) is 4.17. The number of benzene rings is 1. The van der Waals surface area contributed by atoms with Crippen LogP contribution >= 0.6 is 11.6 Å². The monoisotopic (exact) mass is 265 g/mol. The minimum Gasteiger partial charge on any atom is -0.388 e. The van der Waals surface area contributed by atoms with Crippen molar-refractivity contribution in [3.8, 4) is 0 Å². The van der Waals surface area contributed by atoms with E-state index in [0.717, 1.165) is 23.5 Å². The molecule has 1 aromatic heterocycles. The lowest BCUT2D eigenvalue weighted by atomic mass is 10.0. The van der Waals surface area contributed by atoms with Gasteiger partial charge in [-0.3, -0.25) is 4.68 Å². The van der Waals surface area contributed by atoms with Crippen LogP contribution in [-0.4, -0.2) is 19.9 Å². The van der Waals surface area contributed by atoms with E-state index < -0.39 is 6.10 Å². The topological polar surface area (TPSA) is 50.9 Å². The van der Waals surface area contributed by atoms with Crippen molar-refractivity contribution in [2.24, 2.45) is 0 Å². The Morgan fingerprint density at radius 2 is 2.22 bits per heavy atom. The lowest BCUT2D eigenvalue weighted by Gasteiger charge is -2.13. The third-order valence-corrected chi connectivity index (χ3v) is 3.20. The molecule has 0 saturated carbocycles. The van der Waals surface area contributed by atoms with Gasteiger partial charge < -0.3 is 5.11 Å². The Morgan fingerprint density at radius 3 is 2.89 bits per heavy atom. The highest BCUT2D eigenvalue weighted by molar-refractivity contribution is 6.30. The smallest absolute Gasteiger partial charge is 0.138 e. The minimum absolute atomic E-state index is 0.455. The van der Waals surface area contributed by atoms with E-state index in [0.29, 0.717) is 11.4 Å². The van der Waals surface area contributed by atoms with E-state index in [4.69, 9.17) is 11.6 Å². The van der Waals surface area contributed by atoms with E-state index in [-0.39, 0.29) is 0 Å². The molecule has 0 aliphatic rings. The molecule has 1 heterocycles. The minimum atomic E-state index is -0.586. The maximum absolute atomic E-state index is 10.3. The molecule has 0 aliphatic heterocycles. The van der Waals surface area contributed by atoms with Crippen molar-refractivity contribution in [3.05, 3.63) is 46.5 Å². The molecule has 2 aromatic rings. The van der Waals surface area contributed by atoms with Crippen molar-refractivity contribution in [1.29, 1.82) is 0 Å². The average molecular weight is 266 g/mol. The predicted molar refractivity (Wildman–Crippen MR) is 70.5 cm³/mol. The molecule has 18 heavy (non-hydrogen) atoms. The predicted octanol–water partition coefficient (Wildman–Crippen LogP) is 2.54. The number of aromatic nitrogens is 3. The van der Waals surface area contributed by atoms with Gasteiger partial charge in [0.2, 0.25) is 0 Å². The number of aliphatic hydroxyl groups is 1. The lowest BCUT2D eigenvalue weighted by Crippen LogP contribution is -2.10. The summed E-state index contributed by atoms with van der Waals surface area (Å²) in [6.07, 6.45) is 1.38. The number of aliphatic hydroxyl groups excluding tert-OH is 1. The van der Waals surface area contributed by atoms with Crippen molar-refractivity contribution in [2.45, 2.75) is 32.9 Å². The molecule has 2 rings (SSSR count). The first-order valence-electron chi connectivity index (χ1n) is 5.92. The number of halogens is 1. The standard InChI is InChI=1S/C13H16ClN3O/c1-3-17-13(15-8-16-17)7-12(18)11-5-4-10(14)6-9(11)2/h4-6,8,12,18H,3,7H2,1-2H3. The zero-order chi connectivity index (χ0) is 13.1. The molecule has 1 atom stereocenters. The lowest BCUT2D eigenvalue weighted by molar-refractivity contribution is 0.173. The van der Waals surface area contributed by atoms with Gasteiger partial charge in [-0.2, -0.15) is 5.10 Å². The van der Waals surface area contributed by atoms with Crippen molar-refractivity contribution in [3.63, 3.8) is 0 Å². The third-order valence-electron chi connectivity index (χ3n) is 2.96. The van der Waals surface area contributed by atoms with Crippen LogP contribution in [0.1, 0.15) is 30.0 Å². The number of rotatable bonds is 4. The van der Waals surface area contributed by atoms with Crippen molar-refractivity contribution >= 4 is 11.6 Å².